The molecule has 2 aromatic rings. The number of thiophene rings is 1. The average Bonchev–Trinajstić information content (AvgIpc) is 2.85. The number of nitrogens with two attached hydrogens (primary N) is 1. The van der Waals surface area contributed by atoms with Crippen LogP contribution in [0.5, 0.6) is 0 Å². The van der Waals surface area contributed by atoms with Crippen molar-refractivity contribution in [3.63, 3.8) is 0 Å². The summed E-state index contributed by atoms with van der Waals surface area (Å²) in [7, 11) is 0. The molecule has 0 saturated heterocycles. The highest BCUT2D eigenvalue weighted by molar-refractivity contribution is 7.07. The molecule has 90 valence electrons. The third kappa shape index (κ3) is 3.12. The first-order valence-corrected chi connectivity index (χ1v) is 6.63. The van der Waals surface area contributed by atoms with E-state index in [0.717, 1.165) is 12.8 Å². The van der Waals surface area contributed by atoms with Crippen molar-refractivity contribution < 1.29 is 0 Å². The van der Waals surface area contributed by atoms with E-state index >= 15 is 0 Å². The van der Waals surface area contributed by atoms with Gasteiger partial charge in [0.05, 0.1) is 0 Å². The summed E-state index contributed by atoms with van der Waals surface area (Å²) in [5.41, 5.74) is 6.69. The highest BCUT2D eigenvalue weighted by atomic mass is 32.1. The van der Waals surface area contributed by atoms with Gasteiger partial charge in [-0.05, 0) is 59.3 Å². The van der Waals surface area contributed by atoms with Crippen LogP contribution in [-0.2, 0) is 6.42 Å². The molecule has 3 N–H and O–H groups in total. The molecule has 0 bridgehead atoms. The molecular formula is C13H17N3S. The maximum Gasteiger partial charge on any atom is 0.0466 e. The van der Waals surface area contributed by atoms with E-state index in [1.165, 1.54) is 16.7 Å². The lowest BCUT2D eigenvalue weighted by atomic mass is 9.98. The lowest BCUT2D eigenvalue weighted by Gasteiger charge is -2.17. The van der Waals surface area contributed by atoms with Crippen LogP contribution in [0.2, 0.25) is 0 Å². The summed E-state index contributed by atoms with van der Waals surface area (Å²) in [5, 5.41) is 4.30. The van der Waals surface area contributed by atoms with E-state index in [4.69, 9.17) is 5.84 Å². The van der Waals surface area contributed by atoms with Crippen molar-refractivity contribution in [2.24, 2.45) is 5.84 Å². The molecule has 4 heteroatoms. The van der Waals surface area contributed by atoms with E-state index in [2.05, 4.69) is 34.2 Å². The molecule has 0 radical (unpaired) electrons. The van der Waals surface area contributed by atoms with Crippen LogP contribution in [0.3, 0.4) is 0 Å². The highest BCUT2D eigenvalue weighted by Gasteiger charge is 2.12. The van der Waals surface area contributed by atoms with Gasteiger partial charge in [0.15, 0.2) is 0 Å². The van der Waals surface area contributed by atoms with E-state index in [0.29, 0.717) is 0 Å². The summed E-state index contributed by atoms with van der Waals surface area (Å²) in [6.07, 6.45) is 5.74. The van der Waals surface area contributed by atoms with Gasteiger partial charge in [0.1, 0.15) is 0 Å². The van der Waals surface area contributed by atoms with E-state index in [9.17, 15) is 0 Å². The Morgan fingerprint density at radius 2 is 2.35 bits per heavy atom. The van der Waals surface area contributed by atoms with Crippen LogP contribution in [0, 0.1) is 6.92 Å². The fourth-order valence-corrected chi connectivity index (χ4v) is 2.65. The standard InChI is InChI=1S/C13H17N3S/c1-10-8-15-6-4-12(10)13(16-14)3-2-11-5-7-17-9-11/h4-9,13,16H,2-3,14H2,1H3. The molecule has 0 saturated carbocycles. The van der Waals surface area contributed by atoms with Gasteiger partial charge in [-0.1, -0.05) is 0 Å². The first kappa shape index (κ1) is 12.2. The molecule has 17 heavy (non-hydrogen) atoms. The van der Waals surface area contributed by atoms with Gasteiger partial charge < -0.3 is 0 Å². The molecule has 0 fully saturated rings. The van der Waals surface area contributed by atoms with E-state index in [1.807, 2.05) is 18.5 Å². The van der Waals surface area contributed by atoms with Gasteiger partial charge in [-0.2, -0.15) is 11.3 Å². The number of nitrogens with one attached hydrogen (secondary N) is 1. The Morgan fingerprint density at radius 1 is 1.47 bits per heavy atom. The summed E-state index contributed by atoms with van der Waals surface area (Å²) in [4.78, 5) is 4.10. The van der Waals surface area contributed by atoms with Crippen molar-refractivity contribution in [3.8, 4) is 0 Å². The molecule has 0 aliphatic heterocycles. The Kier molecular flexibility index (Phi) is 4.25. The molecule has 1 unspecified atom stereocenters. The van der Waals surface area contributed by atoms with Gasteiger partial charge in [0.2, 0.25) is 0 Å². The van der Waals surface area contributed by atoms with Crippen molar-refractivity contribution in [1.82, 2.24) is 10.4 Å². The van der Waals surface area contributed by atoms with Crippen LogP contribution in [0.15, 0.2) is 35.3 Å². The fraction of sp³-hybridized carbons (Fsp3) is 0.308. The summed E-state index contributed by atoms with van der Waals surface area (Å²) in [6, 6.07) is 4.39. The lowest BCUT2D eigenvalue weighted by Crippen LogP contribution is -2.29. The Bertz CT molecular complexity index is 453. The number of hydrogen-bond donors (Lipinski definition) is 2. The van der Waals surface area contributed by atoms with Crippen LogP contribution >= 0.6 is 11.3 Å². The van der Waals surface area contributed by atoms with Crippen molar-refractivity contribution >= 4 is 11.3 Å². The molecule has 2 rings (SSSR count). The Morgan fingerprint density at radius 3 is 3.00 bits per heavy atom. The van der Waals surface area contributed by atoms with Crippen molar-refractivity contribution in [1.29, 1.82) is 0 Å². The normalized spacial score (nSPS) is 12.6. The zero-order chi connectivity index (χ0) is 12.1. The van der Waals surface area contributed by atoms with Crippen LogP contribution in [0.25, 0.3) is 0 Å². The smallest absolute Gasteiger partial charge is 0.0466 e. The SMILES string of the molecule is Cc1cnccc1C(CCc1ccsc1)NN. The van der Waals surface area contributed by atoms with Crippen molar-refractivity contribution in [2.45, 2.75) is 25.8 Å². The minimum Gasteiger partial charge on any atom is -0.271 e. The van der Waals surface area contributed by atoms with Gasteiger partial charge in [-0.3, -0.25) is 16.3 Å². The average molecular weight is 247 g/mol. The third-order valence-electron chi connectivity index (χ3n) is 2.94. The summed E-state index contributed by atoms with van der Waals surface area (Å²) in [5.74, 6) is 5.65. The first-order chi connectivity index (χ1) is 8.31. The third-order valence-corrected chi connectivity index (χ3v) is 3.67. The summed E-state index contributed by atoms with van der Waals surface area (Å²) in [6.45, 7) is 2.07. The molecule has 0 amide bonds. The highest BCUT2D eigenvalue weighted by Crippen LogP contribution is 2.21. The summed E-state index contributed by atoms with van der Waals surface area (Å²) >= 11 is 1.74. The van der Waals surface area contributed by atoms with Crippen molar-refractivity contribution in [3.05, 3.63) is 52.0 Å². The van der Waals surface area contributed by atoms with E-state index in [1.54, 1.807) is 11.3 Å². The topological polar surface area (TPSA) is 50.9 Å². The number of pyridine rings is 1. The lowest BCUT2D eigenvalue weighted by molar-refractivity contribution is 0.514. The fourth-order valence-electron chi connectivity index (χ4n) is 1.95. The van der Waals surface area contributed by atoms with Gasteiger partial charge in [0.25, 0.3) is 0 Å². The number of aryl methyl sites for hydroxylation is 2. The van der Waals surface area contributed by atoms with Crippen LogP contribution < -0.4 is 11.3 Å². The molecular weight excluding hydrogens is 230 g/mol. The number of aromatic nitrogens is 1. The molecule has 0 aromatic carbocycles. The Hall–Kier alpha value is -1.23. The first-order valence-electron chi connectivity index (χ1n) is 5.69. The molecule has 0 aliphatic carbocycles. The van der Waals surface area contributed by atoms with Gasteiger partial charge in [-0.15, -0.1) is 0 Å². The molecule has 1 atom stereocenters. The second kappa shape index (κ2) is 5.91. The van der Waals surface area contributed by atoms with Gasteiger partial charge in [0, 0.05) is 18.4 Å². The van der Waals surface area contributed by atoms with Crippen molar-refractivity contribution in [2.75, 3.05) is 0 Å². The Balaban J connectivity index is 2.04. The molecule has 2 heterocycles. The molecule has 2 aromatic heterocycles. The number of hydrazine groups is 1. The summed E-state index contributed by atoms with van der Waals surface area (Å²) < 4.78 is 0. The van der Waals surface area contributed by atoms with Crippen LogP contribution in [0.1, 0.15) is 29.2 Å². The minimum atomic E-state index is 0.192. The zero-order valence-electron chi connectivity index (χ0n) is 9.89. The Labute approximate surface area is 106 Å². The molecule has 0 aliphatic rings. The largest absolute Gasteiger partial charge is 0.271 e. The number of rotatable bonds is 5. The predicted octanol–water partition coefficient (Wildman–Crippen LogP) is 2.59. The quantitative estimate of drug-likeness (QED) is 0.630. The second-order valence-corrected chi connectivity index (χ2v) is 4.90. The predicted molar refractivity (Wildman–Crippen MR) is 71.7 cm³/mol. The van der Waals surface area contributed by atoms with E-state index < -0.39 is 0 Å². The second-order valence-electron chi connectivity index (χ2n) is 4.12. The van der Waals surface area contributed by atoms with E-state index in [-0.39, 0.29) is 6.04 Å². The number of nitrogens with zero attached hydrogens (tertiary/aromatic N) is 1. The van der Waals surface area contributed by atoms with Gasteiger partial charge in [-0.25, -0.2) is 0 Å². The van der Waals surface area contributed by atoms with Gasteiger partial charge >= 0.3 is 0 Å². The maximum absolute atomic E-state index is 5.65. The zero-order valence-corrected chi connectivity index (χ0v) is 10.7. The number of hydrogen-bond acceptors (Lipinski definition) is 4. The molecule has 0 spiro atoms. The minimum absolute atomic E-state index is 0.192. The molecule has 3 nitrogen and oxygen atoms in total. The van der Waals surface area contributed by atoms with Crippen LogP contribution in [0.4, 0.5) is 0 Å². The monoisotopic (exact) mass is 247 g/mol. The maximum atomic E-state index is 5.65. The van der Waals surface area contributed by atoms with Crippen LogP contribution in [-0.4, -0.2) is 4.98 Å².